The molecule has 0 saturated carbocycles. The van der Waals surface area contributed by atoms with Crippen LogP contribution < -0.4 is 16.0 Å². The molecule has 1 aliphatic rings. The number of piperidine rings is 1. The van der Waals surface area contributed by atoms with Crippen LogP contribution in [-0.4, -0.2) is 28.5 Å². The third-order valence-electron chi connectivity index (χ3n) is 6.07. The Morgan fingerprint density at radius 3 is 2.71 bits per heavy atom. The molecule has 0 spiro atoms. The van der Waals surface area contributed by atoms with Gasteiger partial charge in [0.1, 0.15) is 23.5 Å². The lowest BCUT2D eigenvalue weighted by molar-refractivity contribution is -0.125. The largest absolute Gasteiger partial charge is 0.368 e. The third kappa shape index (κ3) is 4.96. The molecule has 2 atom stereocenters. The van der Waals surface area contributed by atoms with E-state index < -0.39 is 5.82 Å². The first-order valence-corrected chi connectivity index (χ1v) is 11.0. The van der Waals surface area contributed by atoms with Crippen molar-refractivity contribution in [3.05, 3.63) is 71.3 Å². The summed E-state index contributed by atoms with van der Waals surface area (Å²) in [5.41, 5.74) is 7.22. The lowest BCUT2D eigenvalue weighted by atomic mass is 9.92. The Kier molecular flexibility index (Phi) is 6.68. The summed E-state index contributed by atoms with van der Waals surface area (Å²) in [5, 5.41) is 11.8. The lowest BCUT2D eigenvalue weighted by Gasteiger charge is -2.38. The highest BCUT2D eigenvalue weighted by atomic mass is 19.1. The van der Waals surface area contributed by atoms with E-state index in [1.54, 1.807) is 36.4 Å². The minimum Gasteiger partial charge on any atom is -0.368 e. The lowest BCUT2D eigenvalue weighted by Crippen LogP contribution is -2.47. The molecule has 2 aromatic carbocycles. The zero-order valence-corrected chi connectivity index (χ0v) is 18.6. The number of nitrogens with two attached hydrogens (primary N) is 1. The molecule has 1 aliphatic heterocycles. The van der Waals surface area contributed by atoms with Crippen LogP contribution in [0.3, 0.4) is 0 Å². The smallest absolute Gasteiger partial charge is 0.225 e. The molecule has 2 unspecified atom stereocenters. The minimum absolute atomic E-state index is 0.0237. The Balaban J connectivity index is 1.53. The number of amides is 1. The van der Waals surface area contributed by atoms with Gasteiger partial charge >= 0.3 is 0 Å². The van der Waals surface area contributed by atoms with Gasteiger partial charge in [0, 0.05) is 36.3 Å². The van der Waals surface area contributed by atoms with Gasteiger partial charge in [-0.1, -0.05) is 24.3 Å². The van der Waals surface area contributed by atoms with E-state index in [-0.39, 0.29) is 41.7 Å². The van der Waals surface area contributed by atoms with E-state index in [0.29, 0.717) is 35.6 Å². The van der Waals surface area contributed by atoms with E-state index >= 15 is 0 Å². The SMILES string of the molecule is CC1CCC(C(=O)NCc2ccccc2F)CN1c1cc(-c2ccc(C#N)c(F)c2)nc(N)n1. The molecule has 1 amide bonds. The van der Waals surface area contributed by atoms with Crippen molar-refractivity contribution in [2.75, 3.05) is 17.2 Å². The van der Waals surface area contributed by atoms with Crippen molar-refractivity contribution in [2.45, 2.75) is 32.4 Å². The van der Waals surface area contributed by atoms with Gasteiger partial charge < -0.3 is 16.0 Å². The summed E-state index contributed by atoms with van der Waals surface area (Å²) < 4.78 is 28.0. The normalized spacial score (nSPS) is 17.8. The quantitative estimate of drug-likeness (QED) is 0.597. The third-order valence-corrected chi connectivity index (χ3v) is 6.07. The first-order valence-electron chi connectivity index (χ1n) is 11.0. The van der Waals surface area contributed by atoms with Crippen molar-refractivity contribution in [1.29, 1.82) is 5.26 Å². The number of nitrogen functional groups attached to an aromatic ring is 1. The monoisotopic (exact) mass is 462 g/mol. The molecule has 0 radical (unpaired) electrons. The average molecular weight is 463 g/mol. The number of nitrogens with zero attached hydrogens (tertiary/aromatic N) is 4. The van der Waals surface area contributed by atoms with Crippen LogP contribution >= 0.6 is 0 Å². The van der Waals surface area contributed by atoms with Crippen LogP contribution in [0.25, 0.3) is 11.3 Å². The highest BCUT2D eigenvalue weighted by Crippen LogP contribution is 2.30. The number of carbonyl (C=O) groups is 1. The van der Waals surface area contributed by atoms with E-state index in [1.165, 1.54) is 18.2 Å². The van der Waals surface area contributed by atoms with Gasteiger partial charge in [0.05, 0.1) is 17.2 Å². The molecular formula is C25H24F2N6O. The Morgan fingerprint density at radius 1 is 1.18 bits per heavy atom. The molecule has 1 aromatic heterocycles. The number of nitriles is 1. The number of hydrogen-bond donors (Lipinski definition) is 2. The Morgan fingerprint density at radius 2 is 1.97 bits per heavy atom. The van der Waals surface area contributed by atoms with Crippen LogP contribution in [0.5, 0.6) is 0 Å². The fraction of sp³-hybridized carbons (Fsp3) is 0.280. The maximum Gasteiger partial charge on any atom is 0.225 e. The van der Waals surface area contributed by atoms with Crippen molar-refractivity contribution in [1.82, 2.24) is 15.3 Å². The summed E-state index contributed by atoms with van der Waals surface area (Å²) in [6, 6.07) is 14.2. The maximum absolute atomic E-state index is 14.1. The van der Waals surface area contributed by atoms with Crippen LogP contribution in [0, 0.1) is 28.9 Å². The second-order valence-electron chi connectivity index (χ2n) is 8.36. The van der Waals surface area contributed by atoms with E-state index in [2.05, 4.69) is 15.3 Å². The van der Waals surface area contributed by atoms with Gasteiger partial charge in [0.25, 0.3) is 0 Å². The Bertz CT molecular complexity index is 1260. The van der Waals surface area contributed by atoms with Gasteiger partial charge in [0.2, 0.25) is 11.9 Å². The van der Waals surface area contributed by atoms with Gasteiger partial charge in [-0.25, -0.2) is 13.8 Å². The van der Waals surface area contributed by atoms with Crippen molar-refractivity contribution < 1.29 is 13.6 Å². The topological polar surface area (TPSA) is 108 Å². The van der Waals surface area contributed by atoms with E-state index in [9.17, 15) is 13.6 Å². The molecule has 9 heteroatoms. The summed E-state index contributed by atoms with van der Waals surface area (Å²) in [7, 11) is 0. The highest BCUT2D eigenvalue weighted by molar-refractivity contribution is 5.79. The standard InChI is InChI=1S/C25H24F2N6O/c1-15-6-7-19(24(34)30-13-18-4-2-3-5-20(18)26)14-33(15)23-11-22(31-25(29)32-23)16-8-9-17(12-28)21(27)10-16/h2-5,8-11,15,19H,6-7,13-14H2,1H3,(H,30,34)(H2,29,31,32). The van der Waals surface area contributed by atoms with Gasteiger partial charge in [0.15, 0.2) is 0 Å². The van der Waals surface area contributed by atoms with Crippen LogP contribution in [0.4, 0.5) is 20.5 Å². The number of anilines is 2. The first kappa shape index (κ1) is 23.1. The van der Waals surface area contributed by atoms with E-state index in [1.807, 2.05) is 11.8 Å². The van der Waals surface area contributed by atoms with Crippen molar-refractivity contribution in [3.8, 4) is 17.3 Å². The number of hydrogen-bond acceptors (Lipinski definition) is 6. The molecule has 1 fully saturated rings. The van der Waals surface area contributed by atoms with Gasteiger partial charge in [-0.05, 0) is 38.0 Å². The van der Waals surface area contributed by atoms with Crippen molar-refractivity contribution in [3.63, 3.8) is 0 Å². The van der Waals surface area contributed by atoms with Crippen molar-refractivity contribution in [2.24, 2.45) is 5.92 Å². The van der Waals surface area contributed by atoms with Gasteiger partial charge in [-0.15, -0.1) is 0 Å². The predicted octanol–water partition coefficient (Wildman–Crippen LogP) is 3.80. The van der Waals surface area contributed by atoms with Gasteiger partial charge in [-0.2, -0.15) is 10.2 Å². The fourth-order valence-electron chi connectivity index (χ4n) is 4.12. The molecule has 3 aromatic rings. The molecule has 34 heavy (non-hydrogen) atoms. The number of carbonyl (C=O) groups excluding carboxylic acids is 1. The number of halogens is 2. The highest BCUT2D eigenvalue weighted by Gasteiger charge is 2.31. The summed E-state index contributed by atoms with van der Waals surface area (Å²) in [4.78, 5) is 23.4. The second-order valence-corrected chi connectivity index (χ2v) is 8.36. The van der Waals surface area contributed by atoms with Crippen LogP contribution in [0.1, 0.15) is 30.9 Å². The fourth-order valence-corrected chi connectivity index (χ4v) is 4.12. The zero-order valence-electron chi connectivity index (χ0n) is 18.6. The summed E-state index contributed by atoms with van der Waals surface area (Å²) in [5.74, 6) is -0.907. The molecular weight excluding hydrogens is 438 g/mol. The number of benzene rings is 2. The predicted molar refractivity (Wildman–Crippen MR) is 124 cm³/mol. The van der Waals surface area contributed by atoms with Crippen LogP contribution in [-0.2, 0) is 11.3 Å². The van der Waals surface area contributed by atoms with Crippen molar-refractivity contribution >= 4 is 17.7 Å². The zero-order chi connectivity index (χ0) is 24.2. The summed E-state index contributed by atoms with van der Waals surface area (Å²) >= 11 is 0. The van der Waals surface area contributed by atoms with Crippen LogP contribution in [0.2, 0.25) is 0 Å². The second kappa shape index (κ2) is 9.83. The minimum atomic E-state index is -0.642. The van der Waals surface area contributed by atoms with E-state index in [4.69, 9.17) is 11.0 Å². The maximum atomic E-state index is 14.1. The molecule has 1 saturated heterocycles. The molecule has 2 heterocycles. The number of rotatable bonds is 5. The number of nitrogens with one attached hydrogen (secondary N) is 1. The molecule has 7 nitrogen and oxygen atoms in total. The first-order chi connectivity index (χ1) is 16.4. The molecule has 3 N–H and O–H groups in total. The average Bonchev–Trinajstić information content (AvgIpc) is 2.83. The molecule has 174 valence electrons. The van der Waals surface area contributed by atoms with Gasteiger partial charge in [-0.3, -0.25) is 4.79 Å². The van der Waals surface area contributed by atoms with E-state index in [0.717, 1.165) is 6.42 Å². The molecule has 0 bridgehead atoms. The molecule has 0 aliphatic carbocycles. The van der Waals surface area contributed by atoms with Crippen LogP contribution in [0.15, 0.2) is 48.5 Å². The summed E-state index contributed by atoms with van der Waals surface area (Å²) in [6.07, 6.45) is 1.44. The Labute approximate surface area is 196 Å². The number of aromatic nitrogens is 2. The summed E-state index contributed by atoms with van der Waals surface area (Å²) in [6.45, 7) is 2.56. The molecule has 4 rings (SSSR count). The Hall–Kier alpha value is -4.06.